The van der Waals surface area contributed by atoms with E-state index >= 15 is 0 Å². The lowest BCUT2D eigenvalue weighted by atomic mass is 10.2. The van der Waals surface area contributed by atoms with Crippen LogP contribution in [0.1, 0.15) is 12.2 Å². The van der Waals surface area contributed by atoms with E-state index in [1.54, 1.807) is 48.5 Å². The van der Waals surface area contributed by atoms with E-state index in [0.29, 0.717) is 17.9 Å². The molecule has 1 aliphatic rings. The quantitative estimate of drug-likeness (QED) is 0.403. The highest BCUT2D eigenvalue weighted by Gasteiger charge is 2.35. The molecule has 8 nitrogen and oxygen atoms in total. The fraction of sp³-hybridized carbons (Fsp3) is 0.250. The van der Waals surface area contributed by atoms with Gasteiger partial charge in [-0.25, -0.2) is 13.2 Å². The van der Waals surface area contributed by atoms with Crippen molar-refractivity contribution in [3.05, 3.63) is 60.1 Å². The van der Waals surface area contributed by atoms with E-state index in [9.17, 15) is 18.0 Å². The number of anilines is 1. The van der Waals surface area contributed by atoms with Crippen LogP contribution in [0.2, 0.25) is 0 Å². The van der Waals surface area contributed by atoms with Gasteiger partial charge >= 0.3 is 5.97 Å². The highest BCUT2D eigenvalue weighted by atomic mass is 32.2. The molecule has 2 heterocycles. The average molecular weight is 414 g/mol. The highest BCUT2D eigenvalue weighted by Crippen LogP contribution is 2.24. The SMILES string of the molecule is N#C/C(=C\c1ccco1)C(=O)OCC(=O)N(c1ccccc1)[C@@H]1CCS(=O)(=O)C1. The molecule has 0 bridgehead atoms. The minimum absolute atomic E-state index is 0.00146. The van der Waals surface area contributed by atoms with Crippen molar-refractivity contribution >= 4 is 33.5 Å². The van der Waals surface area contributed by atoms with Crippen LogP contribution in [0.4, 0.5) is 5.69 Å². The van der Waals surface area contributed by atoms with Gasteiger partial charge in [-0.2, -0.15) is 5.26 Å². The first-order chi connectivity index (χ1) is 13.9. The predicted octanol–water partition coefficient (Wildman–Crippen LogP) is 1.95. The number of carbonyl (C=O) groups excluding carboxylic acids is 2. The number of rotatable bonds is 6. The molecule has 150 valence electrons. The van der Waals surface area contributed by atoms with Crippen LogP contribution >= 0.6 is 0 Å². The fourth-order valence-corrected chi connectivity index (χ4v) is 4.75. The number of para-hydroxylation sites is 1. The third kappa shape index (κ3) is 5.12. The number of carbonyl (C=O) groups is 2. The van der Waals surface area contributed by atoms with Gasteiger partial charge in [-0.15, -0.1) is 0 Å². The average Bonchev–Trinajstić information content (AvgIpc) is 3.34. The van der Waals surface area contributed by atoms with Gasteiger partial charge in [0.15, 0.2) is 16.4 Å². The second kappa shape index (κ2) is 8.75. The normalized spacial score (nSPS) is 18.0. The van der Waals surface area contributed by atoms with Crippen LogP contribution < -0.4 is 4.90 Å². The maximum atomic E-state index is 12.8. The maximum Gasteiger partial charge on any atom is 0.349 e. The Balaban J connectivity index is 1.73. The molecule has 0 spiro atoms. The summed E-state index contributed by atoms with van der Waals surface area (Å²) in [6, 6.07) is 12.9. The fourth-order valence-electron chi connectivity index (χ4n) is 3.05. The standard InChI is InChI=1S/C20H18N2O6S/c21-12-15(11-18-7-4-9-27-18)20(24)28-13-19(23)22(16-5-2-1-3-6-16)17-8-10-29(25,26)14-17/h1-7,9,11,17H,8,10,13-14H2/b15-11+/t17-/m1/s1. The lowest BCUT2D eigenvalue weighted by Gasteiger charge is -2.28. The Hall–Kier alpha value is -3.38. The van der Waals surface area contributed by atoms with Crippen molar-refractivity contribution in [3.8, 4) is 6.07 Å². The van der Waals surface area contributed by atoms with Gasteiger partial charge in [-0.05, 0) is 30.7 Å². The molecule has 9 heteroatoms. The molecule has 1 aliphatic heterocycles. The molecule has 0 aliphatic carbocycles. The highest BCUT2D eigenvalue weighted by molar-refractivity contribution is 7.91. The molecular weight excluding hydrogens is 396 g/mol. The van der Waals surface area contributed by atoms with Gasteiger partial charge in [0.25, 0.3) is 5.91 Å². The number of amides is 1. The molecule has 0 unspecified atom stereocenters. The predicted molar refractivity (Wildman–Crippen MR) is 104 cm³/mol. The van der Waals surface area contributed by atoms with Gasteiger partial charge in [0.2, 0.25) is 0 Å². The number of ether oxygens (including phenoxy) is 1. The molecule has 2 aromatic rings. The summed E-state index contributed by atoms with van der Waals surface area (Å²) in [6.45, 7) is -0.624. The van der Waals surface area contributed by atoms with Crippen molar-refractivity contribution in [2.45, 2.75) is 12.5 Å². The third-order valence-electron chi connectivity index (χ3n) is 4.37. The number of nitriles is 1. The molecule has 3 rings (SSSR count). The van der Waals surface area contributed by atoms with E-state index in [1.807, 2.05) is 0 Å². The van der Waals surface area contributed by atoms with E-state index in [0.717, 1.165) is 0 Å². The molecule has 1 fully saturated rings. The number of nitrogens with zero attached hydrogens (tertiary/aromatic N) is 2. The minimum atomic E-state index is -3.22. The minimum Gasteiger partial charge on any atom is -0.465 e. The van der Waals surface area contributed by atoms with Gasteiger partial charge in [0.1, 0.15) is 17.4 Å². The summed E-state index contributed by atoms with van der Waals surface area (Å²) in [5, 5.41) is 9.16. The molecule has 1 amide bonds. The number of hydrogen-bond acceptors (Lipinski definition) is 7. The first-order valence-corrected chi connectivity index (χ1v) is 10.6. The Bertz CT molecular complexity index is 1050. The molecule has 29 heavy (non-hydrogen) atoms. The zero-order chi connectivity index (χ0) is 20.9. The van der Waals surface area contributed by atoms with Crippen molar-refractivity contribution in [3.63, 3.8) is 0 Å². The summed E-state index contributed by atoms with van der Waals surface area (Å²) in [7, 11) is -3.22. The molecule has 1 atom stereocenters. The number of esters is 1. The molecule has 1 saturated heterocycles. The van der Waals surface area contributed by atoms with Crippen molar-refractivity contribution in [2.75, 3.05) is 23.0 Å². The summed E-state index contributed by atoms with van der Waals surface area (Å²) >= 11 is 0. The summed E-state index contributed by atoms with van der Waals surface area (Å²) in [5.74, 6) is -1.39. The molecule has 0 radical (unpaired) electrons. The van der Waals surface area contributed by atoms with Crippen molar-refractivity contribution in [2.24, 2.45) is 0 Å². The van der Waals surface area contributed by atoms with Crippen LogP contribution in [-0.4, -0.2) is 44.4 Å². The Morgan fingerprint density at radius 2 is 2.00 bits per heavy atom. The lowest BCUT2D eigenvalue weighted by Crippen LogP contribution is -2.43. The molecular formula is C20H18N2O6S. The first kappa shape index (κ1) is 20.4. The number of hydrogen-bond donors (Lipinski definition) is 0. The van der Waals surface area contributed by atoms with E-state index in [1.165, 1.54) is 17.2 Å². The van der Waals surface area contributed by atoms with E-state index in [2.05, 4.69) is 0 Å². The summed E-state index contributed by atoms with van der Waals surface area (Å²) in [5.41, 5.74) is 0.199. The monoisotopic (exact) mass is 414 g/mol. The van der Waals surface area contributed by atoms with Crippen LogP contribution in [0, 0.1) is 11.3 Å². The second-order valence-corrected chi connectivity index (χ2v) is 8.65. The van der Waals surface area contributed by atoms with E-state index in [4.69, 9.17) is 14.4 Å². The smallest absolute Gasteiger partial charge is 0.349 e. The molecule has 1 aromatic carbocycles. The Morgan fingerprint density at radius 1 is 1.24 bits per heavy atom. The van der Waals surface area contributed by atoms with E-state index in [-0.39, 0.29) is 17.1 Å². The van der Waals surface area contributed by atoms with Gasteiger partial charge in [0.05, 0.1) is 23.8 Å². The molecule has 0 N–H and O–H groups in total. The Morgan fingerprint density at radius 3 is 2.59 bits per heavy atom. The van der Waals surface area contributed by atoms with Crippen LogP contribution in [0.15, 0.2) is 58.7 Å². The number of benzene rings is 1. The van der Waals surface area contributed by atoms with Crippen molar-refractivity contribution in [1.29, 1.82) is 5.26 Å². The zero-order valence-electron chi connectivity index (χ0n) is 15.4. The molecule has 0 saturated carbocycles. The first-order valence-electron chi connectivity index (χ1n) is 8.79. The van der Waals surface area contributed by atoms with Crippen LogP contribution in [-0.2, 0) is 24.2 Å². The number of furan rings is 1. The van der Waals surface area contributed by atoms with Gasteiger partial charge in [-0.1, -0.05) is 18.2 Å². The van der Waals surface area contributed by atoms with Crippen LogP contribution in [0.25, 0.3) is 6.08 Å². The number of sulfone groups is 1. The second-order valence-electron chi connectivity index (χ2n) is 6.42. The van der Waals surface area contributed by atoms with Gasteiger partial charge in [-0.3, -0.25) is 4.79 Å². The lowest BCUT2D eigenvalue weighted by molar-refractivity contribution is -0.143. The van der Waals surface area contributed by atoms with Crippen molar-refractivity contribution in [1.82, 2.24) is 0 Å². The van der Waals surface area contributed by atoms with Gasteiger partial charge < -0.3 is 14.1 Å². The summed E-state index contributed by atoms with van der Waals surface area (Å²) in [6.07, 6.45) is 2.91. The van der Waals surface area contributed by atoms with E-state index < -0.39 is 34.4 Å². The van der Waals surface area contributed by atoms with Gasteiger partial charge in [0, 0.05) is 11.8 Å². The van der Waals surface area contributed by atoms with Crippen LogP contribution in [0.5, 0.6) is 0 Å². The van der Waals surface area contributed by atoms with Crippen molar-refractivity contribution < 1.29 is 27.2 Å². The summed E-state index contributed by atoms with van der Waals surface area (Å²) in [4.78, 5) is 26.3. The van der Waals surface area contributed by atoms with Crippen LogP contribution in [0.3, 0.4) is 0 Å². The Labute approximate surface area is 167 Å². The Kier molecular flexibility index (Phi) is 6.14. The largest absolute Gasteiger partial charge is 0.465 e. The zero-order valence-corrected chi connectivity index (χ0v) is 16.2. The third-order valence-corrected chi connectivity index (χ3v) is 6.12. The topological polar surface area (TPSA) is 118 Å². The summed E-state index contributed by atoms with van der Waals surface area (Å²) < 4.78 is 33.8. The molecule has 1 aromatic heterocycles. The maximum absolute atomic E-state index is 12.8.